The number of anilines is 1. The Bertz CT molecular complexity index is 658. The third-order valence-corrected chi connectivity index (χ3v) is 3.41. The van der Waals surface area contributed by atoms with Crippen LogP contribution in [0.2, 0.25) is 5.02 Å². The second kappa shape index (κ2) is 5.89. The highest BCUT2D eigenvalue weighted by Crippen LogP contribution is 2.35. The molecule has 0 saturated heterocycles. The first kappa shape index (κ1) is 14.3. The third kappa shape index (κ3) is 2.73. The lowest BCUT2D eigenvalue weighted by Gasteiger charge is -2.17. The summed E-state index contributed by atoms with van der Waals surface area (Å²) >= 11 is 5.94. The van der Waals surface area contributed by atoms with Crippen molar-refractivity contribution in [3.05, 3.63) is 41.0 Å². The fraction of sp³-hybridized carbons (Fsp3) is 0.267. The van der Waals surface area contributed by atoms with Crippen LogP contribution in [0.1, 0.15) is 32.0 Å². The van der Waals surface area contributed by atoms with Crippen LogP contribution in [-0.2, 0) is 0 Å². The standard InChI is InChI=1S/C15H16ClN3O/c1-3-10(2)19-12(9-17)8-14(18)15(19)20-13-6-4-5-11(16)7-13/h4-8,10H,3,18H2,1-2H3. The fourth-order valence-corrected chi connectivity index (χ4v) is 2.16. The number of ether oxygens (including phenoxy) is 1. The summed E-state index contributed by atoms with van der Waals surface area (Å²) in [7, 11) is 0. The molecule has 0 amide bonds. The maximum Gasteiger partial charge on any atom is 0.224 e. The first-order valence-corrected chi connectivity index (χ1v) is 6.78. The molecule has 104 valence electrons. The normalized spacial score (nSPS) is 11.9. The zero-order valence-corrected chi connectivity index (χ0v) is 12.2. The minimum Gasteiger partial charge on any atom is -0.439 e. The minimum absolute atomic E-state index is 0.121. The fourth-order valence-electron chi connectivity index (χ4n) is 1.98. The minimum atomic E-state index is 0.121. The van der Waals surface area contributed by atoms with Gasteiger partial charge in [0.1, 0.15) is 17.5 Å². The van der Waals surface area contributed by atoms with Crippen molar-refractivity contribution in [3.8, 4) is 17.7 Å². The summed E-state index contributed by atoms with van der Waals surface area (Å²) in [5, 5.41) is 9.79. The van der Waals surface area contributed by atoms with E-state index in [4.69, 9.17) is 22.1 Å². The first-order valence-electron chi connectivity index (χ1n) is 6.41. The number of nitrogens with two attached hydrogens (primary N) is 1. The van der Waals surface area contributed by atoms with E-state index in [9.17, 15) is 5.26 Å². The molecule has 1 aromatic carbocycles. The highest BCUT2D eigenvalue weighted by molar-refractivity contribution is 6.30. The quantitative estimate of drug-likeness (QED) is 0.909. The third-order valence-electron chi connectivity index (χ3n) is 3.17. The predicted molar refractivity (Wildman–Crippen MR) is 80.1 cm³/mol. The van der Waals surface area contributed by atoms with Gasteiger partial charge >= 0.3 is 0 Å². The smallest absolute Gasteiger partial charge is 0.224 e. The SMILES string of the molecule is CCC(C)n1c(C#N)cc(N)c1Oc1cccc(Cl)c1. The molecule has 5 heteroatoms. The van der Waals surface area contributed by atoms with Crippen LogP contribution in [0, 0.1) is 11.3 Å². The van der Waals surface area contributed by atoms with Crippen molar-refractivity contribution in [1.82, 2.24) is 4.57 Å². The van der Waals surface area contributed by atoms with Gasteiger partial charge < -0.3 is 10.5 Å². The number of nitriles is 1. The van der Waals surface area contributed by atoms with Gasteiger partial charge in [-0.15, -0.1) is 0 Å². The monoisotopic (exact) mass is 289 g/mol. The number of benzene rings is 1. The molecular formula is C15H16ClN3O. The zero-order chi connectivity index (χ0) is 14.7. The molecule has 1 heterocycles. The highest BCUT2D eigenvalue weighted by atomic mass is 35.5. The lowest BCUT2D eigenvalue weighted by Crippen LogP contribution is -2.08. The Hall–Kier alpha value is -2.12. The van der Waals surface area contributed by atoms with E-state index in [0.29, 0.717) is 28.0 Å². The highest BCUT2D eigenvalue weighted by Gasteiger charge is 2.19. The second-order valence-electron chi connectivity index (χ2n) is 4.59. The first-order chi connectivity index (χ1) is 9.56. The van der Waals surface area contributed by atoms with Gasteiger partial charge in [0, 0.05) is 17.1 Å². The summed E-state index contributed by atoms with van der Waals surface area (Å²) in [5.41, 5.74) is 6.91. The van der Waals surface area contributed by atoms with Crippen LogP contribution in [0.25, 0.3) is 0 Å². The molecule has 2 aromatic rings. The van der Waals surface area contributed by atoms with Gasteiger partial charge in [-0.25, -0.2) is 0 Å². The van der Waals surface area contributed by atoms with Crippen molar-refractivity contribution < 1.29 is 4.74 Å². The number of nitrogen functional groups attached to an aromatic ring is 1. The molecule has 0 bridgehead atoms. The summed E-state index contributed by atoms with van der Waals surface area (Å²) in [6, 6.07) is 11.0. The number of halogens is 1. The van der Waals surface area contributed by atoms with E-state index in [-0.39, 0.29) is 6.04 Å². The lowest BCUT2D eigenvalue weighted by molar-refractivity contribution is 0.398. The Labute approximate surface area is 123 Å². The molecule has 0 aliphatic carbocycles. The van der Waals surface area contributed by atoms with E-state index >= 15 is 0 Å². The molecule has 1 unspecified atom stereocenters. The van der Waals surface area contributed by atoms with Crippen LogP contribution < -0.4 is 10.5 Å². The number of rotatable bonds is 4. The van der Waals surface area contributed by atoms with Crippen molar-refractivity contribution in [2.45, 2.75) is 26.3 Å². The number of nitrogens with zero attached hydrogens (tertiary/aromatic N) is 2. The van der Waals surface area contributed by atoms with E-state index in [1.807, 2.05) is 18.4 Å². The van der Waals surface area contributed by atoms with Crippen molar-refractivity contribution >= 4 is 17.3 Å². The Morgan fingerprint density at radius 3 is 2.80 bits per heavy atom. The van der Waals surface area contributed by atoms with Gasteiger partial charge in [-0.05, 0) is 31.5 Å². The molecule has 0 fully saturated rings. The van der Waals surface area contributed by atoms with E-state index in [0.717, 1.165) is 6.42 Å². The van der Waals surface area contributed by atoms with Gasteiger partial charge in [0.2, 0.25) is 5.88 Å². The number of hydrogen-bond acceptors (Lipinski definition) is 3. The molecule has 2 rings (SSSR count). The van der Waals surface area contributed by atoms with E-state index in [1.165, 1.54) is 0 Å². The molecule has 0 spiro atoms. The topological polar surface area (TPSA) is 64.0 Å². The van der Waals surface area contributed by atoms with Gasteiger partial charge in [-0.2, -0.15) is 5.26 Å². The van der Waals surface area contributed by atoms with Crippen molar-refractivity contribution in [3.63, 3.8) is 0 Å². The van der Waals surface area contributed by atoms with E-state index < -0.39 is 0 Å². The molecule has 20 heavy (non-hydrogen) atoms. The van der Waals surface area contributed by atoms with Crippen molar-refractivity contribution in [2.75, 3.05) is 5.73 Å². The van der Waals surface area contributed by atoms with Gasteiger partial charge in [0.25, 0.3) is 0 Å². The molecule has 0 aliphatic heterocycles. The molecule has 4 nitrogen and oxygen atoms in total. The van der Waals surface area contributed by atoms with Crippen LogP contribution in [0.15, 0.2) is 30.3 Å². The largest absolute Gasteiger partial charge is 0.439 e. The van der Waals surface area contributed by atoms with Gasteiger partial charge in [-0.3, -0.25) is 4.57 Å². The van der Waals surface area contributed by atoms with E-state index in [1.54, 1.807) is 30.3 Å². The molecular weight excluding hydrogens is 274 g/mol. The lowest BCUT2D eigenvalue weighted by atomic mass is 10.2. The van der Waals surface area contributed by atoms with Crippen LogP contribution >= 0.6 is 11.6 Å². The Kier molecular flexibility index (Phi) is 4.21. The maximum absolute atomic E-state index is 9.21. The molecule has 2 N–H and O–H groups in total. The summed E-state index contributed by atoms with van der Waals surface area (Å²) in [6.07, 6.45) is 0.870. The Morgan fingerprint density at radius 2 is 2.20 bits per heavy atom. The number of aromatic nitrogens is 1. The summed E-state index contributed by atoms with van der Waals surface area (Å²) in [6.45, 7) is 4.07. The van der Waals surface area contributed by atoms with Crippen LogP contribution in [0.4, 0.5) is 5.69 Å². The van der Waals surface area contributed by atoms with Crippen LogP contribution in [-0.4, -0.2) is 4.57 Å². The summed E-state index contributed by atoms with van der Waals surface area (Å²) in [5.74, 6) is 1.08. The van der Waals surface area contributed by atoms with Crippen LogP contribution in [0.5, 0.6) is 11.6 Å². The maximum atomic E-state index is 9.21. The number of hydrogen-bond donors (Lipinski definition) is 1. The Balaban J connectivity index is 2.46. The molecule has 0 saturated carbocycles. The van der Waals surface area contributed by atoms with Gasteiger partial charge in [0.05, 0.1) is 5.69 Å². The van der Waals surface area contributed by atoms with Gasteiger partial charge in [0.15, 0.2) is 0 Å². The van der Waals surface area contributed by atoms with Crippen molar-refractivity contribution in [1.29, 1.82) is 5.26 Å². The average Bonchev–Trinajstić information content (AvgIpc) is 2.74. The predicted octanol–water partition coefficient (Wildman–Crippen LogP) is 4.36. The molecule has 1 atom stereocenters. The Morgan fingerprint density at radius 1 is 1.45 bits per heavy atom. The van der Waals surface area contributed by atoms with E-state index in [2.05, 4.69) is 6.07 Å². The average molecular weight is 290 g/mol. The second-order valence-corrected chi connectivity index (χ2v) is 5.03. The summed E-state index contributed by atoms with van der Waals surface area (Å²) in [4.78, 5) is 0. The van der Waals surface area contributed by atoms with Crippen LogP contribution in [0.3, 0.4) is 0 Å². The molecule has 0 radical (unpaired) electrons. The molecule has 1 aromatic heterocycles. The van der Waals surface area contributed by atoms with Gasteiger partial charge in [-0.1, -0.05) is 24.6 Å². The molecule has 0 aliphatic rings. The summed E-state index contributed by atoms with van der Waals surface area (Å²) < 4.78 is 7.64. The zero-order valence-electron chi connectivity index (χ0n) is 11.4. The van der Waals surface area contributed by atoms with Crippen molar-refractivity contribution in [2.24, 2.45) is 0 Å².